The number of nitro groups is 1. The number of amides is 6. The van der Waals surface area contributed by atoms with Crippen molar-refractivity contribution in [3.05, 3.63) is 70.3 Å². The zero-order chi connectivity index (χ0) is 39.0. The number of primary amides is 1. The van der Waals surface area contributed by atoms with E-state index in [0.717, 1.165) is 0 Å². The molecule has 52 heavy (non-hydrogen) atoms. The lowest BCUT2D eigenvalue weighted by molar-refractivity contribution is -0.384. The van der Waals surface area contributed by atoms with E-state index in [9.17, 15) is 43.7 Å². The van der Waals surface area contributed by atoms with Crippen LogP contribution in [0.15, 0.2) is 54.6 Å². The van der Waals surface area contributed by atoms with Gasteiger partial charge in [-0.1, -0.05) is 44.2 Å². The number of nitrogens with zero attached hydrogens (tertiary/aromatic N) is 1. The maximum atomic E-state index is 13.8. The molecule has 0 saturated carbocycles. The van der Waals surface area contributed by atoms with Gasteiger partial charge >= 0.3 is 5.97 Å². The lowest BCUT2D eigenvalue weighted by Gasteiger charge is -2.27. The van der Waals surface area contributed by atoms with Gasteiger partial charge in [0.1, 0.15) is 24.2 Å². The van der Waals surface area contributed by atoms with Crippen LogP contribution in [0.3, 0.4) is 0 Å². The van der Waals surface area contributed by atoms with Crippen LogP contribution < -0.4 is 38.1 Å². The van der Waals surface area contributed by atoms with E-state index >= 15 is 0 Å². The van der Waals surface area contributed by atoms with Gasteiger partial charge in [-0.2, -0.15) is 0 Å². The van der Waals surface area contributed by atoms with Crippen molar-refractivity contribution in [2.45, 2.75) is 89.5 Å². The first-order valence-electron chi connectivity index (χ1n) is 16.5. The third-order valence-electron chi connectivity index (χ3n) is 7.67. The van der Waals surface area contributed by atoms with Crippen molar-refractivity contribution < 1.29 is 43.6 Å². The molecule has 0 aliphatic heterocycles. The summed E-state index contributed by atoms with van der Waals surface area (Å²) in [5.74, 6) is -5.77. The Morgan fingerprint density at radius 1 is 0.731 bits per heavy atom. The van der Waals surface area contributed by atoms with Crippen molar-refractivity contribution >= 4 is 52.8 Å². The highest BCUT2D eigenvalue weighted by Crippen LogP contribution is 2.16. The molecule has 18 nitrogen and oxygen atoms in total. The Morgan fingerprint density at radius 2 is 1.31 bits per heavy atom. The van der Waals surface area contributed by atoms with Crippen LogP contribution in [0.2, 0.25) is 0 Å². The lowest BCUT2D eigenvalue weighted by Crippen LogP contribution is -2.58. The summed E-state index contributed by atoms with van der Waals surface area (Å²) < 4.78 is 0. The third kappa shape index (κ3) is 14.9. The molecule has 6 amide bonds. The minimum Gasteiger partial charge on any atom is -0.481 e. The van der Waals surface area contributed by atoms with E-state index in [2.05, 4.69) is 26.6 Å². The highest BCUT2D eigenvalue weighted by molar-refractivity contribution is 5.99. The second kappa shape index (κ2) is 20.7. The summed E-state index contributed by atoms with van der Waals surface area (Å²) in [5, 5.41) is 32.6. The number of aliphatic carboxylic acids is 1. The first kappa shape index (κ1) is 42.3. The Balaban J connectivity index is 2.27. The average Bonchev–Trinajstić information content (AvgIpc) is 3.08. The Bertz CT molecular complexity index is 1590. The molecule has 18 heteroatoms. The number of carboxylic acids is 1. The number of non-ortho nitro benzene ring substituents is 1. The average molecular weight is 727 g/mol. The summed E-state index contributed by atoms with van der Waals surface area (Å²) >= 11 is 0. The zero-order valence-electron chi connectivity index (χ0n) is 29.1. The largest absolute Gasteiger partial charge is 0.481 e. The molecule has 282 valence electrons. The number of carbonyl (C=O) groups is 7. The number of carbonyl (C=O) groups excluding carboxylic acids is 6. The maximum Gasteiger partial charge on any atom is 0.303 e. The summed E-state index contributed by atoms with van der Waals surface area (Å²) in [7, 11) is 0. The Kier molecular flexibility index (Phi) is 16.8. The number of benzene rings is 2. The summed E-state index contributed by atoms with van der Waals surface area (Å²) in [6.45, 7) is 4.97. The Labute approximate surface area is 300 Å². The van der Waals surface area contributed by atoms with Gasteiger partial charge in [-0.3, -0.25) is 43.7 Å². The van der Waals surface area contributed by atoms with Crippen molar-refractivity contribution in [2.24, 2.45) is 17.4 Å². The van der Waals surface area contributed by atoms with E-state index in [-0.39, 0.29) is 55.8 Å². The number of anilines is 1. The van der Waals surface area contributed by atoms with Crippen molar-refractivity contribution in [3.8, 4) is 0 Å². The predicted molar refractivity (Wildman–Crippen MR) is 188 cm³/mol. The van der Waals surface area contributed by atoms with Crippen LogP contribution in [0, 0.1) is 16.0 Å². The number of hydrogen-bond donors (Lipinski definition) is 8. The molecule has 10 N–H and O–H groups in total. The molecule has 2 aromatic carbocycles. The molecule has 0 bridgehead atoms. The normalized spacial score (nSPS) is 13.7. The zero-order valence-corrected chi connectivity index (χ0v) is 29.1. The molecular weight excluding hydrogens is 680 g/mol. The number of nitrogens with one attached hydrogen (secondary N) is 5. The fraction of sp³-hybridized carbons (Fsp3) is 0.441. The predicted octanol–water partition coefficient (Wildman–Crippen LogP) is 0.239. The lowest BCUT2D eigenvalue weighted by atomic mass is 10.00. The Hall–Kier alpha value is -5.91. The first-order valence-corrected chi connectivity index (χ1v) is 16.5. The van der Waals surface area contributed by atoms with Gasteiger partial charge in [0.15, 0.2) is 0 Å². The molecular formula is C34H46N8O10. The number of carboxylic acid groups (broad SMARTS) is 1. The minimum atomic E-state index is -1.32. The summed E-state index contributed by atoms with van der Waals surface area (Å²) in [6.07, 6.45) is -0.888. The molecule has 0 unspecified atom stereocenters. The second-order valence-corrected chi connectivity index (χ2v) is 12.6. The Morgan fingerprint density at radius 3 is 1.87 bits per heavy atom. The molecule has 0 aliphatic rings. The van der Waals surface area contributed by atoms with Gasteiger partial charge in [-0.25, -0.2) is 0 Å². The number of nitro benzene ring substituents is 1. The smallest absolute Gasteiger partial charge is 0.303 e. The third-order valence-corrected chi connectivity index (χ3v) is 7.67. The molecule has 5 atom stereocenters. The van der Waals surface area contributed by atoms with E-state index in [1.54, 1.807) is 44.2 Å². The van der Waals surface area contributed by atoms with Crippen molar-refractivity contribution in [2.75, 3.05) is 5.32 Å². The molecule has 0 spiro atoms. The van der Waals surface area contributed by atoms with Crippen LogP contribution in [0.1, 0.15) is 58.4 Å². The molecule has 0 aromatic heterocycles. The van der Waals surface area contributed by atoms with Gasteiger partial charge in [0.2, 0.25) is 35.4 Å². The van der Waals surface area contributed by atoms with E-state index in [1.165, 1.54) is 31.2 Å². The highest BCUT2D eigenvalue weighted by atomic mass is 16.6. The molecule has 0 aliphatic carbocycles. The topological polar surface area (TPSA) is 295 Å². The quantitative estimate of drug-likeness (QED) is 0.0637. The van der Waals surface area contributed by atoms with E-state index in [4.69, 9.17) is 16.6 Å². The van der Waals surface area contributed by atoms with Gasteiger partial charge in [0.25, 0.3) is 5.69 Å². The highest BCUT2D eigenvalue weighted by Gasteiger charge is 2.32. The number of rotatable bonds is 21. The van der Waals surface area contributed by atoms with E-state index in [1.807, 2.05) is 0 Å². The van der Waals surface area contributed by atoms with Gasteiger partial charge in [0, 0.05) is 37.1 Å². The van der Waals surface area contributed by atoms with Crippen LogP contribution in [0.4, 0.5) is 11.4 Å². The standard InChI is InChI=1S/C34H46N8O10/c1-19(2)17-26(40-30(46)20(3)37-31(47)24(35)13-16-29(44)45)33(49)41-27(18-21-7-5-4-6-8-21)34(50)39-25(14-15-28(36)43)32(48)38-22-9-11-23(12-10-22)42(51)52/h4-12,19-20,24-27H,13-18,35H2,1-3H3,(H2,36,43)(H,37,47)(H,38,48)(H,39,50)(H,40,46)(H,41,49)(H,44,45)/t20-,24-,25-,26-,27-/m0/s1. The van der Waals surface area contributed by atoms with Crippen LogP contribution in [0.25, 0.3) is 0 Å². The second-order valence-electron chi connectivity index (χ2n) is 12.6. The molecule has 2 aromatic rings. The minimum absolute atomic E-state index is 0.0338. The van der Waals surface area contributed by atoms with E-state index < -0.39 is 76.5 Å². The number of nitrogens with two attached hydrogens (primary N) is 2. The molecule has 0 heterocycles. The summed E-state index contributed by atoms with van der Waals surface area (Å²) in [5.41, 5.74) is 11.7. The van der Waals surface area contributed by atoms with Crippen LogP contribution >= 0.6 is 0 Å². The van der Waals surface area contributed by atoms with Crippen LogP contribution in [-0.4, -0.2) is 81.7 Å². The fourth-order valence-electron chi connectivity index (χ4n) is 4.85. The first-order chi connectivity index (χ1) is 24.5. The van der Waals surface area contributed by atoms with Crippen molar-refractivity contribution in [3.63, 3.8) is 0 Å². The summed E-state index contributed by atoms with van der Waals surface area (Å²) in [4.78, 5) is 99.1. The van der Waals surface area contributed by atoms with E-state index in [0.29, 0.717) is 5.56 Å². The molecule has 0 fully saturated rings. The number of hydrogen-bond acceptors (Lipinski definition) is 10. The SMILES string of the molecule is CC(C)C[C@H](NC(=O)[C@H](C)NC(=O)[C@@H](N)CCC(=O)O)C(=O)N[C@@H](Cc1ccccc1)C(=O)N[C@@H](CCC(N)=O)C(=O)Nc1ccc([N+](=O)[O-])cc1. The van der Waals surface area contributed by atoms with Crippen LogP contribution in [0.5, 0.6) is 0 Å². The van der Waals surface area contributed by atoms with Gasteiger partial charge in [-0.05, 0) is 49.8 Å². The monoisotopic (exact) mass is 726 g/mol. The summed E-state index contributed by atoms with van der Waals surface area (Å²) in [6, 6.07) is 7.49. The maximum absolute atomic E-state index is 13.8. The fourth-order valence-corrected chi connectivity index (χ4v) is 4.85. The van der Waals surface area contributed by atoms with Crippen molar-refractivity contribution in [1.29, 1.82) is 0 Å². The van der Waals surface area contributed by atoms with Gasteiger partial charge in [-0.15, -0.1) is 0 Å². The molecule has 0 saturated heterocycles. The van der Waals surface area contributed by atoms with Gasteiger partial charge < -0.3 is 43.2 Å². The van der Waals surface area contributed by atoms with Crippen molar-refractivity contribution in [1.82, 2.24) is 21.3 Å². The van der Waals surface area contributed by atoms with Gasteiger partial charge in [0.05, 0.1) is 11.0 Å². The molecule has 0 radical (unpaired) electrons. The molecule has 2 rings (SSSR count). The van der Waals surface area contributed by atoms with Crippen LogP contribution in [-0.2, 0) is 40.0 Å².